The number of hydrogen-bond donors (Lipinski definition) is 1. The van der Waals surface area contributed by atoms with E-state index >= 15 is 0 Å². The molecule has 0 amide bonds. The van der Waals surface area contributed by atoms with Gasteiger partial charge in [0, 0.05) is 22.4 Å². The van der Waals surface area contributed by atoms with Crippen molar-refractivity contribution >= 4 is 22.6 Å². The minimum atomic E-state index is 0.913. The second-order valence-electron chi connectivity index (χ2n) is 4.08. The number of hydrogen-bond acceptors (Lipinski definition) is 1. The Balaban J connectivity index is 2.45. The average molecular weight is 340 g/mol. The number of aromatic nitrogens is 2. The van der Waals surface area contributed by atoms with Crippen LogP contribution in [0.2, 0.25) is 0 Å². The van der Waals surface area contributed by atoms with Crippen LogP contribution < -0.4 is 0 Å². The van der Waals surface area contributed by atoms with Gasteiger partial charge < -0.3 is 4.98 Å². The van der Waals surface area contributed by atoms with Crippen LogP contribution >= 0.6 is 22.6 Å². The van der Waals surface area contributed by atoms with Gasteiger partial charge in [-0.1, -0.05) is 19.9 Å². The molecule has 0 aliphatic rings. The van der Waals surface area contributed by atoms with Gasteiger partial charge in [0.2, 0.25) is 0 Å². The molecule has 1 aromatic carbocycles. The molecule has 0 unspecified atom stereocenters. The Bertz CT molecular complexity index is 489. The Kier molecular flexibility index (Phi) is 4.20. The predicted octanol–water partition coefficient (Wildman–Crippen LogP) is 3.73. The maximum Gasteiger partial charge on any atom is 0.110 e. The van der Waals surface area contributed by atoms with E-state index < -0.39 is 0 Å². The van der Waals surface area contributed by atoms with E-state index in [0.717, 1.165) is 25.1 Å². The van der Waals surface area contributed by atoms with Crippen molar-refractivity contribution in [3.63, 3.8) is 0 Å². The number of benzene rings is 1. The van der Waals surface area contributed by atoms with E-state index in [-0.39, 0.29) is 0 Å². The van der Waals surface area contributed by atoms with Crippen LogP contribution in [0, 0.1) is 3.57 Å². The highest BCUT2D eigenvalue weighted by Crippen LogP contribution is 2.24. The molecule has 1 heterocycles. The first-order valence-corrected chi connectivity index (χ1v) is 7.11. The van der Waals surface area contributed by atoms with Crippen LogP contribution in [0.4, 0.5) is 0 Å². The van der Waals surface area contributed by atoms with Crippen molar-refractivity contribution in [2.45, 2.75) is 33.1 Å². The number of nitrogens with one attached hydrogen (secondary N) is 1. The molecule has 90 valence electrons. The molecule has 0 spiro atoms. The van der Waals surface area contributed by atoms with Crippen LogP contribution in [0.1, 0.15) is 36.4 Å². The fourth-order valence-corrected chi connectivity index (χ4v) is 3.10. The Morgan fingerprint density at radius 2 is 2.00 bits per heavy atom. The smallest absolute Gasteiger partial charge is 0.110 e. The van der Waals surface area contributed by atoms with E-state index in [1.165, 1.54) is 20.3 Å². The van der Waals surface area contributed by atoms with Gasteiger partial charge in [0.25, 0.3) is 0 Å². The molecule has 1 aromatic heterocycles. The first-order valence-electron chi connectivity index (χ1n) is 6.03. The van der Waals surface area contributed by atoms with Gasteiger partial charge in [-0.2, -0.15) is 0 Å². The molecule has 0 saturated carbocycles. The van der Waals surface area contributed by atoms with Crippen LogP contribution in [0.25, 0.3) is 0 Å². The Hall–Kier alpha value is -0.840. The van der Waals surface area contributed by atoms with Gasteiger partial charge in [0.05, 0.1) is 0 Å². The molecule has 0 aliphatic heterocycles. The molecule has 0 fully saturated rings. The molecule has 0 radical (unpaired) electrons. The van der Waals surface area contributed by atoms with Crippen molar-refractivity contribution in [1.82, 2.24) is 9.97 Å². The van der Waals surface area contributed by atoms with E-state index in [1.54, 1.807) is 0 Å². The molecule has 2 aromatic rings. The summed E-state index contributed by atoms with van der Waals surface area (Å²) in [6.07, 6.45) is 6.79. The van der Waals surface area contributed by atoms with Crippen LogP contribution in [0.5, 0.6) is 0 Å². The monoisotopic (exact) mass is 340 g/mol. The van der Waals surface area contributed by atoms with Gasteiger partial charge in [-0.25, -0.2) is 4.98 Å². The molecule has 17 heavy (non-hydrogen) atoms. The summed E-state index contributed by atoms with van der Waals surface area (Å²) < 4.78 is 1.36. The van der Waals surface area contributed by atoms with Crippen molar-refractivity contribution in [2.24, 2.45) is 0 Å². The molecule has 3 heteroatoms. The summed E-state index contributed by atoms with van der Waals surface area (Å²) in [7, 11) is 0. The third kappa shape index (κ3) is 2.70. The lowest BCUT2D eigenvalue weighted by molar-refractivity contribution is 0.947. The number of halogens is 1. The summed E-state index contributed by atoms with van der Waals surface area (Å²) in [4.78, 5) is 7.53. The number of aryl methyl sites for hydroxylation is 1. The minimum absolute atomic E-state index is 0.913. The zero-order chi connectivity index (χ0) is 12.3. The molecule has 1 N–H and O–H groups in total. The lowest BCUT2D eigenvalue weighted by Gasteiger charge is -2.14. The summed E-state index contributed by atoms with van der Waals surface area (Å²) in [5.41, 5.74) is 4.37. The number of rotatable bonds is 4. The molecule has 0 atom stereocenters. The van der Waals surface area contributed by atoms with Gasteiger partial charge in [0.15, 0.2) is 0 Å². The fourth-order valence-electron chi connectivity index (χ4n) is 2.21. The highest BCUT2D eigenvalue weighted by molar-refractivity contribution is 14.1. The second kappa shape index (κ2) is 5.67. The highest BCUT2D eigenvalue weighted by Gasteiger charge is 2.11. The van der Waals surface area contributed by atoms with Crippen LogP contribution in [-0.2, 0) is 19.3 Å². The van der Waals surface area contributed by atoms with E-state index in [4.69, 9.17) is 0 Å². The van der Waals surface area contributed by atoms with Gasteiger partial charge in [-0.05, 0) is 58.2 Å². The van der Waals surface area contributed by atoms with Crippen LogP contribution in [0.3, 0.4) is 0 Å². The molecular formula is C14H17IN2. The topological polar surface area (TPSA) is 28.7 Å². The molecule has 2 rings (SSSR count). The van der Waals surface area contributed by atoms with E-state index in [2.05, 4.69) is 58.5 Å². The van der Waals surface area contributed by atoms with Crippen molar-refractivity contribution in [1.29, 1.82) is 0 Å². The zero-order valence-corrected chi connectivity index (χ0v) is 12.4. The second-order valence-corrected chi connectivity index (χ2v) is 5.25. The lowest BCUT2D eigenvalue weighted by Crippen LogP contribution is -2.03. The maximum atomic E-state index is 4.33. The van der Waals surface area contributed by atoms with E-state index in [1.807, 2.05) is 12.4 Å². The number of imidazole rings is 1. The van der Waals surface area contributed by atoms with Crippen molar-refractivity contribution in [3.05, 3.63) is 50.6 Å². The number of aromatic amines is 1. The summed E-state index contributed by atoms with van der Waals surface area (Å²) in [6, 6.07) is 4.48. The molecule has 0 bridgehead atoms. The standard InChI is InChI=1S/C14H17IN2/c1-3-10-5-6-13(15)11(4-2)12(10)9-14-16-7-8-17-14/h5-8H,3-4,9H2,1-2H3,(H,16,17). The summed E-state index contributed by atoms with van der Waals surface area (Å²) >= 11 is 2.43. The SMILES string of the molecule is CCc1ccc(I)c(CC)c1Cc1ncc[nH]1. The number of nitrogens with zero attached hydrogens (tertiary/aromatic N) is 1. The first-order chi connectivity index (χ1) is 8.26. The molecule has 2 nitrogen and oxygen atoms in total. The van der Waals surface area contributed by atoms with E-state index in [0.29, 0.717) is 0 Å². The largest absolute Gasteiger partial charge is 0.348 e. The fraction of sp³-hybridized carbons (Fsp3) is 0.357. The third-order valence-corrected chi connectivity index (χ3v) is 4.12. The van der Waals surface area contributed by atoms with Crippen molar-refractivity contribution < 1.29 is 0 Å². The maximum absolute atomic E-state index is 4.33. The Morgan fingerprint density at radius 1 is 1.18 bits per heavy atom. The quantitative estimate of drug-likeness (QED) is 0.844. The van der Waals surface area contributed by atoms with Crippen molar-refractivity contribution in [2.75, 3.05) is 0 Å². The molecular weight excluding hydrogens is 323 g/mol. The van der Waals surface area contributed by atoms with Gasteiger partial charge >= 0.3 is 0 Å². The van der Waals surface area contributed by atoms with Gasteiger partial charge in [-0.15, -0.1) is 0 Å². The third-order valence-electron chi connectivity index (χ3n) is 3.10. The average Bonchev–Trinajstić information content (AvgIpc) is 2.83. The van der Waals surface area contributed by atoms with Crippen LogP contribution in [-0.4, -0.2) is 9.97 Å². The highest BCUT2D eigenvalue weighted by atomic mass is 127. The zero-order valence-electron chi connectivity index (χ0n) is 10.3. The lowest BCUT2D eigenvalue weighted by atomic mass is 9.95. The Labute approximate surface area is 116 Å². The van der Waals surface area contributed by atoms with Gasteiger partial charge in [0.1, 0.15) is 5.82 Å². The normalized spacial score (nSPS) is 10.8. The summed E-state index contributed by atoms with van der Waals surface area (Å²) in [5.74, 6) is 1.05. The molecule has 0 aliphatic carbocycles. The van der Waals surface area contributed by atoms with Crippen molar-refractivity contribution in [3.8, 4) is 0 Å². The number of H-pyrrole nitrogens is 1. The van der Waals surface area contributed by atoms with E-state index in [9.17, 15) is 0 Å². The summed E-state index contributed by atoms with van der Waals surface area (Å²) in [5, 5.41) is 0. The van der Waals surface area contributed by atoms with Gasteiger partial charge in [-0.3, -0.25) is 0 Å². The predicted molar refractivity (Wildman–Crippen MR) is 79.3 cm³/mol. The molecule has 0 saturated heterocycles. The van der Waals surface area contributed by atoms with Crippen LogP contribution in [0.15, 0.2) is 24.5 Å². The summed E-state index contributed by atoms with van der Waals surface area (Å²) in [6.45, 7) is 4.44. The Morgan fingerprint density at radius 3 is 2.59 bits per heavy atom. The first kappa shape index (κ1) is 12.6. The minimum Gasteiger partial charge on any atom is -0.348 e.